The average molecular weight is 262 g/mol. The van der Waals surface area contributed by atoms with Gasteiger partial charge in [0, 0.05) is 19.3 Å². The summed E-state index contributed by atoms with van der Waals surface area (Å²) in [5, 5.41) is 13.0. The van der Waals surface area contributed by atoms with Gasteiger partial charge in [-0.1, -0.05) is 31.0 Å². The van der Waals surface area contributed by atoms with Gasteiger partial charge in [0.2, 0.25) is 5.91 Å². The summed E-state index contributed by atoms with van der Waals surface area (Å²) in [7, 11) is 1.89. The third-order valence-electron chi connectivity index (χ3n) is 3.73. The molecule has 1 aromatic carbocycles. The molecular formula is C15H22N2O2. The van der Waals surface area contributed by atoms with E-state index in [1.165, 1.54) is 0 Å². The standard InChI is InChI=1S/C15H22N2O2/c1-17(13-7-3-2-4-8-13)11-14(18)16-12-15(19)9-5-6-10-15/h2-4,7-8,19H,5-6,9-12H2,1H3,(H,16,18). The monoisotopic (exact) mass is 262 g/mol. The molecule has 4 heteroatoms. The molecule has 2 N–H and O–H groups in total. The topological polar surface area (TPSA) is 52.6 Å². The van der Waals surface area contributed by atoms with Gasteiger partial charge in [0.15, 0.2) is 0 Å². The minimum atomic E-state index is -0.680. The van der Waals surface area contributed by atoms with Gasteiger partial charge >= 0.3 is 0 Å². The normalized spacial score (nSPS) is 17.2. The number of hydrogen-bond acceptors (Lipinski definition) is 3. The molecule has 0 saturated heterocycles. The maximum atomic E-state index is 11.9. The molecule has 1 amide bonds. The van der Waals surface area contributed by atoms with Crippen molar-refractivity contribution in [1.29, 1.82) is 0 Å². The van der Waals surface area contributed by atoms with Crippen LogP contribution in [0.1, 0.15) is 25.7 Å². The zero-order valence-electron chi connectivity index (χ0n) is 11.4. The summed E-state index contributed by atoms with van der Waals surface area (Å²) < 4.78 is 0. The number of likely N-dealkylation sites (N-methyl/N-ethyl adjacent to an activating group) is 1. The number of aliphatic hydroxyl groups is 1. The van der Waals surface area contributed by atoms with E-state index >= 15 is 0 Å². The lowest BCUT2D eigenvalue weighted by Gasteiger charge is -2.24. The molecule has 0 unspecified atom stereocenters. The maximum Gasteiger partial charge on any atom is 0.239 e. The number of anilines is 1. The Morgan fingerprint density at radius 1 is 1.32 bits per heavy atom. The van der Waals surface area contributed by atoms with Crippen molar-refractivity contribution < 1.29 is 9.90 Å². The van der Waals surface area contributed by atoms with Crippen LogP contribution >= 0.6 is 0 Å². The highest BCUT2D eigenvalue weighted by Crippen LogP contribution is 2.28. The van der Waals surface area contributed by atoms with E-state index in [-0.39, 0.29) is 5.91 Å². The van der Waals surface area contributed by atoms with Crippen molar-refractivity contribution in [3.05, 3.63) is 30.3 Å². The lowest BCUT2D eigenvalue weighted by molar-refractivity contribution is -0.120. The summed E-state index contributed by atoms with van der Waals surface area (Å²) in [6.07, 6.45) is 3.69. The zero-order valence-corrected chi connectivity index (χ0v) is 11.4. The highest BCUT2D eigenvalue weighted by molar-refractivity contribution is 5.81. The van der Waals surface area contributed by atoms with Crippen LogP contribution in [0, 0.1) is 0 Å². The van der Waals surface area contributed by atoms with Gasteiger partial charge in [-0.25, -0.2) is 0 Å². The first-order chi connectivity index (χ1) is 9.09. The maximum absolute atomic E-state index is 11.9. The third kappa shape index (κ3) is 3.96. The SMILES string of the molecule is CN(CC(=O)NCC1(O)CCCC1)c1ccccc1. The number of benzene rings is 1. The summed E-state index contributed by atoms with van der Waals surface area (Å²) in [6.45, 7) is 0.675. The van der Waals surface area contributed by atoms with E-state index in [2.05, 4.69) is 5.32 Å². The van der Waals surface area contributed by atoms with Crippen LogP contribution in [0.15, 0.2) is 30.3 Å². The van der Waals surface area contributed by atoms with E-state index in [0.717, 1.165) is 31.4 Å². The first-order valence-corrected chi connectivity index (χ1v) is 6.84. The van der Waals surface area contributed by atoms with Crippen molar-refractivity contribution in [3.63, 3.8) is 0 Å². The largest absolute Gasteiger partial charge is 0.388 e. The number of para-hydroxylation sites is 1. The van der Waals surface area contributed by atoms with Crippen LogP contribution in [-0.4, -0.2) is 36.8 Å². The number of nitrogens with zero attached hydrogens (tertiary/aromatic N) is 1. The smallest absolute Gasteiger partial charge is 0.239 e. The summed E-state index contributed by atoms with van der Waals surface area (Å²) in [4.78, 5) is 13.8. The van der Waals surface area contributed by atoms with Crippen LogP contribution in [0.5, 0.6) is 0 Å². The fourth-order valence-electron chi connectivity index (χ4n) is 2.52. The molecule has 1 fully saturated rings. The molecule has 4 nitrogen and oxygen atoms in total. The summed E-state index contributed by atoms with van der Waals surface area (Å²) in [5.41, 5.74) is 0.332. The predicted octanol–water partition coefficient (Wildman–Crippen LogP) is 1.54. The van der Waals surface area contributed by atoms with Gasteiger partial charge in [0.05, 0.1) is 12.1 Å². The van der Waals surface area contributed by atoms with Crippen LogP contribution in [0.4, 0.5) is 5.69 Å². The molecule has 1 aliphatic rings. The summed E-state index contributed by atoms with van der Waals surface area (Å²) in [5.74, 6) is -0.0494. The molecule has 1 aromatic rings. The Balaban J connectivity index is 1.78. The van der Waals surface area contributed by atoms with E-state index in [9.17, 15) is 9.90 Å². The Morgan fingerprint density at radius 3 is 2.58 bits per heavy atom. The second-order valence-electron chi connectivity index (χ2n) is 5.40. The molecule has 0 aromatic heterocycles. The first-order valence-electron chi connectivity index (χ1n) is 6.84. The molecule has 0 aliphatic heterocycles. The Morgan fingerprint density at radius 2 is 1.95 bits per heavy atom. The van der Waals surface area contributed by atoms with Crippen molar-refractivity contribution >= 4 is 11.6 Å². The van der Waals surface area contributed by atoms with Crippen LogP contribution < -0.4 is 10.2 Å². The molecule has 104 valence electrons. The minimum Gasteiger partial charge on any atom is -0.388 e. The molecule has 0 spiro atoms. The van der Waals surface area contributed by atoms with Crippen LogP contribution in [0.2, 0.25) is 0 Å². The molecule has 2 rings (SSSR count). The Labute approximate surface area is 114 Å². The van der Waals surface area contributed by atoms with E-state index in [1.54, 1.807) is 0 Å². The Kier molecular flexibility index (Phi) is 4.43. The number of nitrogens with one attached hydrogen (secondary N) is 1. The minimum absolute atomic E-state index is 0.0494. The molecular weight excluding hydrogens is 240 g/mol. The fourth-order valence-corrected chi connectivity index (χ4v) is 2.52. The lowest BCUT2D eigenvalue weighted by Crippen LogP contribution is -2.44. The van der Waals surface area contributed by atoms with Gasteiger partial charge < -0.3 is 15.3 Å². The molecule has 19 heavy (non-hydrogen) atoms. The van der Waals surface area contributed by atoms with E-state index in [4.69, 9.17) is 0 Å². The Bertz CT molecular complexity index is 413. The Hall–Kier alpha value is -1.55. The molecule has 0 bridgehead atoms. The van der Waals surface area contributed by atoms with E-state index < -0.39 is 5.60 Å². The first kappa shape index (κ1) is 13.9. The predicted molar refractivity (Wildman–Crippen MR) is 76.1 cm³/mol. The van der Waals surface area contributed by atoms with Crippen molar-refractivity contribution in [2.45, 2.75) is 31.3 Å². The third-order valence-corrected chi connectivity index (χ3v) is 3.73. The van der Waals surface area contributed by atoms with Gasteiger partial charge in [-0.2, -0.15) is 0 Å². The number of carbonyl (C=O) groups is 1. The lowest BCUT2D eigenvalue weighted by atomic mass is 10.0. The second-order valence-corrected chi connectivity index (χ2v) is 5.40. The number of hydrogen-bond donors (Lipinski definition) is 2. The van der Waals surface area contributed by atoms with Crippen molar-refractivity contribution in [1.82, 2.24) is 5.32 Å². The summed E-state index contributed by atoms with van der Waals surface area (Å²) >= 11 is 0. The molecule has 1 saturated carbocycles. The molecule has 0 heterocycles. The van der Waals surface area contributed by atoms with E-state index in [0.29, 0.717) is 13.1 Å². The fraction of sp³-hybridized carbons (Fsp3) is 0.533. The van der Waals surface area contributed by atoms with Gasteiger partial charge in [-0.15, -0.1) is 0 Å². The zero-order chi connectivity index (χ0) is 13.7. The van der Waals surface area contributed by atoms with Crippen LogP contribution in [-0.2, 0) is 4.79 Å². The highest BCUT2D eigenvalue weighted by Gasteiger charge is 2.31. The highest BCUT2D eigenvalue weighted by atomic mass is 16.3. The van der Waals surface area contributed by atoms with Gasteiger partial charge in [0.1, 0.15) is 0 Å². The molecule has 0 radical (unpaired) electrons. The van der Waals surface area contributed by atoms with Crippen LogP contribution in [0.25, 0.3) is 0 Å². The number of amides is 1. The van der Waals surface area contributed by atoms with Crippen molar-refractivity contribution in [2.24, 2.45) is 0 Å². The van der Waals surface area contributed by atoms with Crippen LogP contribution in [0.3, 0.4) is 0 Å². The van der Waals surface area contributed by atoms with Gasteiger partial charge in [-0.3, -0.25) is 4.79 Å². The quantitative estimate of drug-likeness (QED) is 0.846. The second kappa shape index (κ2) is 6.06. The van der Waals surface area contributed by atoms with Crippen molar-refractivity contribution in [3.8, 4) is 0 Å². The number of carbonyl (C=O) groups excluding carboxylic acids is 1. The summed E-state index contributed by atoms with van der Waals surface area (Å²) in [6, 6.07) is 9.79. The number of rotatable bonds is 5. The molecule has 0 atom stereocenters. The van der Waals surface area contributed by atoms with Crippen molar-refractivity contribution in [2.75, 3.05) is 25.0 Å². The van der Waals surface area contributed by atoms with Gasteiger partial charge in [-0.05, 0) is 25.0 Å². The molecule has 1 aliphatic carbocycles. The average Bonchev–Trinajstić information content (AvgIpc) is 2.85. The van der Waals surface area contributed by atoms with E-state index in [1.807, 2.05) is 42.3 Å². The van der Waals surface area contributed by atoms with Gasteiger partial charge in [0.25, 0.3) is 0 Å².